The maximum Gasteiger partial charge on any atom is 0.416 e. The van der Waals surface area contributed by atoms with Gasteiger partial charge in [0, 0.05) is 31.2 Å². The van der Waals surface area contributed by atoms with Crippen molar-refractivity contribution in [3.05, 3.63) is 29.3 Å². The lowest BCUT2D eigenvalue weighted by Gasteiger charge is -2.25. The summed E-state index contributed by atoms with van der Waals surface area (Å²) in [5.74, 6) is 0. The largest absolute Gasteiger partial charge is 0.416 e. The Morgan fingerprint density at radius 3 is 2.57 bits per heavy atom. The number of nitriles is 1. The van der Waals surface area contributed by atoms with Gasteiger partial charge in [0.15, 0.2) is 0 Å². The van der Waals surface area contributed by atoms with Gasteiger partial charge in [0.2, 0.25) is 0 Å². The topological polar surface area (TPSA) is 36.3 Å². The summed E-state index contributed by atoms with van der Waals surface area (Å²) in [6.45, 7) is 1.18. The molecule has 21 heavy (non-hydrogen) atoms. The van der Waals surface area contributed by atoms with Gasteiger partial charge in [-0.15, -0.1) is 0 Å². The number of methoxy groups -OCH3 is 1. The smallest absolute Gasteiger partial charge is 0.383 e. The van der Waals surface area contributed by atoms with Crippen LogP contribution in [0.2, 0.25) is 0 Å². The summed E-state index contributed by atoms with van der Waals surface area (Å²) in [7, 11) is 1.53. The fourth-order valence-electron chi connectivity index (χ4n) is 1.90. The average Bonchev–Trinajstić information content (AvgIpc) is 2.46. The zero-order valence-electron chi connectivity index (χ0n) is 11.6. The van der Waals surface area contributed by atoms with Gasteiger partial charge in [0.05, 0.1) is 24.7 Å². The van der Waals surface area contributed by atoms with Crippen molar-refractivity contribution in [3.8, 4) is 6.07 Å². The van der Waals surface area contributed by atoms with Gasteiger partial charge in [0.25, 0.3) is 0 Å². The minimum atomic E-state index is -4.40. The van der Waals surface area contributed by atoms with Gasteiger partial charge in [-0.2, -0.15) is 18.4 Å². The van der Waals surface area contributed by atoms with Gasteiger partial charge in [-0.1, -0.05) is 22.0 Å². The number of nitrogens with zero attached hydrogens (tertiary/aromatic N) is 2. The molecule has 1 rings (SSSR count). The predicted molar refractivity (Wildman–Crippen MR) is 78.4 cm³/mol. The molecule has 1 aromatic rings. The molecule has 116 valence electrons. The van der Waals surface area contributed by atoms with Gasteiger partial charge in [-0.25, -0.2) is 0 Å². The molecule has 0 N–H and O–H groups in total. The lowest BCUT2D eigenvalue weighted by atomic mass is 10.1. The number of hydrogen-bond donors (Lipinski definition) is 0. The summed E-state index contributed by atoms with van der Waals surface area (Å²) in [6.07, 6.45) is -4.16. The molecule has 0 saturated carbocycles. The molecule has 0 fully saturated rings. The van der Waals surface area contributed by atoms with Crippen LogP contribution in [0.5, 0.6) is 0 Å². The van der Waals surface area contributed by atoms with E-state index in [4.69, 9.17) is 10.00 Å². The minimum absolute atomic E-state index is 0.137. The van der Waals surface area contributed by atoms with E-state index < -0.39 is 11.7 Å². The standard InChI is InChI=1S/C14H16BrF3N2O/c1-21-8-7-20(6-2-5-19)12-4-3-11(10-15)13(9-12)14(16,17)18/h3-4,9H,2,6-8,10H2,1H3. The first-order valence-corrected chi connectivity index (χ1v) is 7.43. The van der Waals surface area contributed by atoms with Crippen molar-refractivity contribution in [2.75, 3.05) is 31.7 Å². The Labute approximate surface area is 130 Å². The average molecular weight is 365 g/mol. The highest BCUT2D eigenvalue weighted by molar-refractivity contribution is 9.08. The van der Waals surface area contributed by atoms with Crippen LogP contribution in [0.3, 0.4) is 0 Å². The Morgan fingerprint density at radius 2 is 2.05 bits per heavy atom. The molecule has 0 spiro atoms. The number of alkyl halides is 4. The summed E-state index contributed by atoms with van der Waals surface area (Å²) < 4.78 is 44.2. The quantitative estimate of drug-likeness (QED) is 0.687. The molecule has 0 saturated heterocycles. The lowest BCUT2D eigenvalue weighted by Crippen LogP contribution is -2.28. The molecule has 0 aliphatic carbocycles. The number of benzene rings is 1. The zero-order chi connectivity index (χ0) is 15.9. The highest BCUT2D eigenvalue weighted by Gasteiger charge is 2.33. The maximum atomic E-state index is 13.1. The lowest BCUT2D eigenvalue weighted by molar-refractivity contribution is -0.138. The van der Waals surface area contributed by atoms with Crippen molar-refractivity contribution in [2.24, 2.45) is 0 Å². The molecule has 0 bridgehead atoms. The van der Waals surface area contributed by atoms with E-state index in [0.29, 0.717) is 25.4 Å². The Bertz CT molecular complexity index is 500. The molecule has 1 aromatic carbocycles. The van der Waals surface area contributed by atoms with E-state index in [1.165, 1.54) is 13.2 Å². The molecule has 0 heterocycles. The molecule has 7 heteroatoms. The van der Waals surface area contributed by atoms with E-state index in [0.717, 1.165) is 6.07 Å². The van der Waals surface area contributed by atoms with Gasteiger partial charge in [-0.3, -0.25) is 0 Å². The number of rotatable bonds is 7. The van der Waals surface area contributed by atoms with E-state index in [1.54, 1.807) is 11.0 Å². The van der Waals surface area contributed by atoms with Crippen LogP contribution in [0.25, 0.3) is 0 Å². The van der Waals surface area contributed by atoms with Crippen LogP contribution >= 0.6 is 15.9 Å². The van der Waals surface area contributed by atoms with Gasteiger partial charge in [-0.05, 0) is 17.7 Å². The number of anilines is 1. The summed E-state index contributed by atoms with van der Waals surface area (Å²) >= 11 is 3.07. The fraction of sp³-hybridized carbons (Fsp3) is 0.500. The molecular weight excluding hydrogens is 349 g/mol. The molecule has 0 atom stereocenters. The van der Waals surface area contributed by atoms with Crippen molar-refractivity contribution in [3.63, 3.8) is 0 Å². The minimum Gasteiger partial charge on any atom is -0.383 e. The summed E-state index contributed by atoms with van der Waals surface area (Å²) in [5.41, 5.74) is -0.0196. The fourth-order valence-corrected chi connectivity index (χ4v) is 2.39. The van der Waals surface area contributed by atoms with E-state index in [-0.39, 0.29) is 17.3 Å². The second-order valence-corrected chi connectivity index (χ2v) is 4.92. The van der Waals surface area contributed by atoms with Gasteiger partial charge < -0.3 is 9.64 Å². The van der Waals surface area contributed by atoms with Crippen LogP contribution in [-0.4, -0.2) is 26.8 Å². The maximum absolute atomic E-state index is 13.1. The molecule has 0 amide bonds. The summed E-state index contributed by atoms with van der Waals surface area (Å²) in [4.78, 5) is 1.72. The summed E-state index contributed by atoms with van der Waals surface area (Å²) in [6, 6.07) is 6.22. The third-order valence-electron chi connectivity index (χ3n) is 2.97. The van der Waals surface area contributed by atoms with Gasteiger partial charge >= 0.3 is 6.18 Å². The molecule has 0 aliphatic heterocycles. The van der Waals surface area contributed by atoms with Crippen LogP contribution in [0.15, 0.2) is 18.2 Å². The summed E-state index contributed by atoms with van der Waals surface area (Å²) in [5, 5.41) is 8.80. The second-order valence-electron chi connectivity index (χ2n) is 4.36. The Kier molecular flexibility index (Phi) is 6.99. The van der Waals surface area contributed by atoms with Crippen molar-refractivity contribution >= 4 is 21.6 Å². The van der Waals surface area contributed by atoms with E-state index in [9.17, 15) is 13.2 Å². The van der Waals surface area contributed by atoms with Crippen LogP contribution in [-0.2, 0) is 16.2 Å². The predicted octanol–water partition coefficient (Wildman–Crippen LogP) is 3.97. The van der Waals surface area contributed by atoms with Crippen molar-refractivity contribution in [1.82, 2.24) is 0 Å². The van der Waals surface area contributed by atoms with Crippen molar-refractivity contribution in [1.29, 1.82) is 5.26 Å². The first-order valence-electron chi connectivity index (χ1n) is 6.31. The SMILES string of the molecule is COCCN(CCC#N)c1ccc(CBr)c(C(F)(F)F)c1. The Morgan fingerprint density at radius 1 is 1.33 bits per heavy atom. The molecule has 0 unspecified atom stereocenters. The van der Waals surface area contributed by atoms with Crippen molar-refractivity contribution in [2.45, 2.75) is 17.9 Å². The second kappa shape index (κ2) is 8.25. The molecule has 0 radical (unpaired) electrons. The third-order valence-corrected chi connectivity index (χ3v) is 3.57. The third kappa shape index (κ3) is 5.21. The molecule has 0 aliphatic rings. The number of hydrogen-bond acceptors (Lipinski definition) is 3. The van der Waals surface area contributed by atoms with Crippen LogP contribution in [0.1, 0.15) is 17.5 Å². The van der Waals surface area contributed by atoms with E-state index in [2.05, 4.69) is 15.9 Å². The van der Waals surface area contributed by atoms with Crippen LogP contribution in [0.4, 0.5) is 18.9 Å². The first-order chi connectivity index (χ1) is 9.93. The Hall–Kier alpha value is -1.26. The molecular formula is C14H16BrF3N2O. The highest BCUT2D eigenvalue weighted by atomic mass is 79.9. The molecule has 3 nitrogen and oxygen atoms in total. The first kappa shape index (κ1) is 17.8. The number of ether oxygens (including phenoxy) is 1. The Balaban J connectivity index is 3.10. The van der Waals surface area contributed by atoms with Crippen LogP contribution in [0, 0.1) is 11.3 Å². The van der Waals surface area contributed by atoms with E-state index >= 15 is 0 Å². The zero-order valence-corrected chi connectivity index (χ0v) is 13.2. The van der Waals surface area contributed by atoms with E-state index in [1.807, 2.05) is 6.07 Å². The highest BCUT2D eigenvalue weighted by Crippen LogP contribution is 2.35. The normalized spacial score (nSPS) is 11.2. The van der Waals surface area contributed by atoms with Crippen LogP contribution < -0.4 is 4.90 Å². The number of halogens is 4. The van der Waals surface area contributed by atoms with Crippen molar-refractivity contribution < 1.29 is 17.9 Å². The van der Waals surface area contributed by atoms with Gasteiger partial charge in [0.1, 0.15) is 0 Å². The monoisotopic (exact) mass is 364 g/mol. The molecule has 0 aromatic heterocycles.